The Kier molecular flexibility index (Phi) is 5.54. The zero-order chi connectivity index (χ0) is 15.1. The molecule has 1 unspecified atom stereocenters. The second-order valence-electron chi connectivity index (χ2n) is 4.55. The molecule has 2 rings (SSSR count). The van der Waals surface area contributed by atoms with E-state index in [2.05, 4.69) is 0 Å². The van der Waals surface area contributed by atoms with E-state index in [0.29, 0.717) is 18.0 Å². The molecule has 0 spiro atoms. The van der Waals surface area contributed by atoms with Gasteiger partial charge in [-0.1, -0.05) is 24.3 Å². The molecule has 2 aromatic carbocycles. The smallest absolute Gasteiger partial charge is 0.126 e. The molecular weight excluding hydrogens is 273 g/mol. The zero-order valence-electron chi connectivity index (χ0n) is 11.5. The van der Waals surface area contributed by atoms with E-state index in [9.17, 15) is 9.50 Å². The number of hydrogen-bond donors (Lipinski definition) is 2. The first-order valence-corrected chi connectivity index (χ1v) is 6.66. The van der Waals surface area contributed by atoms with Gasteiger partial charge in [-0.25, -0.2) is 4.39 Å². The molecule has 0 radical (unpaired) electrons. The van der Waals surface area contributed by atoms with Gasteiger partial charge in [-0.3, -0.25) is 0 Å². The van der Waals surface area contributed by atoms with Crippen molar-refractivity contribution in [2.45, 2.75) is 12.6 Å². The number of benzene rings is 2. The molecule has 0 aliphatic heterocycles. The maximum Gasteiger partial charge on any atom is 0.126 e. The van der Waals surface area contributed by atoms with Crippen molar-refractivity contribution in [2.24, 2.45) is 5.73 Å². The van der Waals surface area contributed by atoms with Crippen LogP contribution in [0, 0.1) is 5.82 Å². The van der Waals surface area contributed by atoms with Gasteiger partial charge in [0.2, 0.25) is 0 Å². The Labute approximate surface area is 122 Å². The lowest BCUT2D eigenvalue weighted by Gasteiger charge is -2.15. The van der Waals surface area contributed by atoms with Crippen LogP contribution in [0.25, 0.3) is 0 Å². The molecule has 0 amide bonds. The highest BCUT2D eigenvalue weighted by Gasteiger charge is 2.08. The van der Waals surface area contributed by atoms with Crippen molar-refractivity contribution in [1.29, 1.82) is 0 Å². The van der Waals surface area contributed by atoms with E-state index in [1.165, 1.54) is 12.1 Å². The lowest BCUT2D eigenvalue weighted by atomic mass is 10.2. The number of nitrogens with two attached hydrogens (primary N) is 1. The normalized spacial score (nSPS) is 12.0. The monoisotopic (exact) mass is 291 g/mol. The maximum atomic E-state index is 13.0. The summed E-state index contributed by atoms with van der Waals surface area (Å²) in [4.78, 5) is 0. The van der Waals surface area contributed by atoms with Gasteiger partial charge in [0.1, 0.15) is 36.6 Å². The van der Waals surface area contributed by atoms with Gasteiger partial charge in [-0.05, 0) is 18.2 Å². The van der Waals surface area contributed by atoms with E-state index in [-0.39, 0.29) is 19.0 Å². The first-order valence-electron chi connectivity index (χ1n) is 6.66. The van der Waals surface area contributed by atoms with Gasteiger partial charge in [0.15, 0.2) is 0 Å². The zero-order valence-corrected chi connectivity index (χ0v) is 11.5. The van der Waals surface area contributed by atoms with E-state index >= 15 is 0 Å². The van der Waals surface area contributed by atoms with Crippen molar-refractivity contribution in [2.75, 3.05) is 13.2 Å². The van der Waals surface area contributed by atoms with E-state index in [1.54, 1.807) is 18.2 Å². The predicted molar refractivity (Wildman–Crippen MR) is 77.7 cm³/mol. The Hall–Kier alpha value is -2.11. The molecule has 4 nitrogen and oxygen atoms in total. The van der Waals surface area contributed by atoms with E-state index in [0.717, 1.165) is 5.56 Å². The Bertz CT molecular complexity index is 577. The molecule has 21 heavy (non-hydrogen) atoms. The molecule has 0 heterocycles. The summed E-state index contributed by atoms with van der Waals surface area (Å²) in [5.41, 5.74) is 6.47. The van der Waals surface area contributed by atoms with Crippen LogP contribution in [-0.2, 0) is 6.54 Å². The summed E-state index contributed by atoms with van der Waals surface area (Å²) in [5, 5.41) is 9.83. The van der Waals surface area contributed by atoms with Crippen LogP contribution in [0.1, 0.15) is 5.56 Å². The third kappa shape index (κ3) is 4.73. The molecule has 0 saturated carbocycles. The van der Waals surface area contributed by atoms with Gasteiger partial charge in [0.05, 0.1) is 0 Å². The summed E-state index contributed by atoms with van der Waals surface area (Å²) >= 11 is 0. The molecule has 5 heteroatoms. The van der Waals surface area contributed by atoms with Crippen LogP contribution in [-0.4, -0.2) is 24.4 Å². The highest BCUT2D eigenvalue weighted by atomic mass is 19.1. The molecule has 0 bridgehead atoms. The topological polar surface area (TPSA) is 64.7 Å². The fraction of sp³-hybridized carbons (Fsp3) is 0.250. The first kappa shape index (κ1) is 15.3. The Morgan fingerprint density at radius 2 is 1.81 bits per heavy atom. The second-order valence-corrected chi connectivity index (χ2v) is 4.55. The molecule has 0 aliphatic carbocycles. The number of rotatable bonds is 7. The highest BCUT2D eigenvalue weighted by molar-refractivity contribution is 5.33. The maximum absolute atomic E-state index is 13.0. The molecule has 3 N–H and O–H groups in total. The number of ether oxygens (including phenoxy) is 2. The van der Waals surface area contributed by atoms with Crippen LogP contribution in [0.15, 0.2) is 48.5 Å². The van der Waals surface area contributed by atoms with Crippen LogP contribution >= 0.6 is 0 Å². The second kappa shape index (κ2) is 7.61. The number of para-hydroxylation sites is 1. The first-order chi connectivity index (χ1) is 10.2. The minimum Gasteiger partial charge on any atom is -0.491 e. The average molecular weight is 291 g/mol. The molecule has 1 atom stereocenters. The molecule has 0 saturated heterocycles. The Morgan fingerprint density at radius 1 is 1.05 bits per heavy atom. The minimum atomic E-state index is -0.820. The summed E-state index contributed by atoms with van der Waals surface area (Å²) in [5.74, 6) is 0.635. The third-order valence-electron chi connectivity index (χ3n) is 2.86. The van der Waals surface area contributed by atoms with E-state index < -0.39 is 6.10 Å². The van der Waals surface area contributed by atoms with Crippen molar-refractivity contribution < 1.29 is 19.0 Å². The minimum absolute atomic E-state index is 0.0221. The fourth-order valence-electron chi connectivity index (χ4n) is 1.80. The highest BCUT2D eigenvalue weighted by Crippen LogP contribution is 2.17. The Balaban J connectivity index is 1.81. The summed E-state index contributed by atoms with van der Waals surface area (Å²) in [6.45, 7) is 0.465. The largest absolute Gasteiger partial charge is 0.491 e. The van der Waals surface area contributed by atoms with Crippen LogP contribution in [0.5, 0.6) is 11.5 Å². The van der Waals surface area contributed by atoms with Crippen molar-refractivity contribution in [3.05, 3.63) is 59.9 Å². The van der Waals surface area contributed by atoms with Crippen molar-refractivity contribution in [3.63, 3.8) is 0 Å². The van der Waals surface area contributed by atoms with Gasteiger partial charge < -0.3 is 20.3 Å². The number of aliphatic hydroxyl groups is 1. The SMILES string of the molecule is NCc1ccccc1OCC(O)COc1cccc(F)c1. The molecule has 0 aromatic heterocycles. The summed E-state index contributed by atoms with van der Waals surface area (Å²) in [6.07, 6.45) is -0.820. The number of hydrogen-bond acceptors (Lipinski definition) is 4. The van der Waals surface area contributed by atoms with Gasteiger partial charge >= 0.3 is 0 Å². The van der Waals surface area contributed by atoms with Gasteiger partial charge in [0.25, 0.3) is 0 Å². The van der Waals surface area contributed by atoms with Crippen molar-refractivity contribution >= 4 is 0 Å². The lowest BCUT2D eigenvalue weighted by Crippen LogP contribution is -2.25. The molecule has 0 aliphatic rings. The van der Waals surface area contributed by atoms with Crippen LogP contribution in [0.4, 0.5) is 4.39 Å². The van der Waals surface area contributed by atoms with Crippen LogP contribution < -0.4 is 15.2 Å². The Morgan fingerprint density at radius 3 is 2.57 bits per heavy atom. The fourth-order valence-corrected chi connectivity index (χ4v) is 1.80. The molecular formula is C16H18FNO3. The van der Waals surface area contributed by atoms with Gasteiger partial charge in [0, 0.05) is 18.2 Å². The summed E-state index contributed by atoms with van der Waals surface area (Å²) in [6, 6.07) is 13.1. The van der Waals surface area contributed by atoms with Gasteiger partial charge in [-0.2, -0.15) is 0 Å². The lowest BCUT2D eigenvalue weighted by molar-refractivity contribution is 0.0622. The quantitative estimate of drug-likeness (QED) is 0.820. The van der Waals surface area contributed by atoms with Crippen LogP contribution in [0.2, 0.25) is 0 Å². The number of aliphatic hydroxyl groups excluding tert-OH is 1. The third-order valence-corrected chi connectivity index (χ3v) is 2.86. The average Bonchev–Trinajstić information content (AvgIpc) is 2.51. The van der Waals surface area contributed by atoms with Crippen LogP contribution in [0.3, 0.4) is 0 Å². The van der Waals surface area contributed by atoms with Crippen molar-refractivity contribution in [3.8, 4) is 11.5 Å². The summed E-state index contributed by atoms with van der Waals surface area (Å²) in [7, 11) is 0. The van der Waals surface area contributed by atoms with Crippen molar-refractivity contribution in [1.82, 2.24) is 0 Å². The molecule has 2 aromatic rings. The number of halogens is 1. The van der Waals surface area contributed by atoms with E-state index in [4.69, 9.17) is 15.2 Å². The standard InChI is InChI=1S/C16H18FNO3/c17-13-5-3-6-15(8-13)20-10-14(19)11-21-16-7-2-1-4-12(16)9-18/h1-8,14,19H,9-11,18H2. The molecule has 0 fully saturated rings. The van der Waals surface area contributed by atoms with Gasteiger partial charge in [-0.15, -0.1) is 0 Å². The molecule has 112 valence electrons. The summed E-state index contributed by atoms with van der Waals surface area (Å²) < 4.78 is 23.8. The predicted octanol–water partition coefficient (Wildman–Crippen LogP) is 2.10. The van der Waals surface area contributed by atoms with E-state index in [1.807, 2.05) is 18.2 Å².